The summed E-state index contributed by atoms with van der Waals surface area (Å²) >= 11 is 10.5. The minimum Gasteiger partial charge on any atom is -0.293 e. The van der Waals surface area contributed by atoms with Gasteiger partial charge >= 0.3 is 0 Å². The summed E-state index contributed by atoms with van der Waals surface area (Å²) in [5, 5.41) is 0.468. The van der Waals surface area contributed by atoms with Crippen LogP contribution in [-0.2, 0) is 0 Å². The van der Waals surface area contributed by atoms with Gasteiger partial charge in [0.1, 0.15) is 5.82 Å². The lowest BCUT2D eigenvalue weighted by atomic mass is 10.1. The van der Waals surface area contributed by atoms with Crippen LogP contribution >= 0.6 is 50.1 Å². The van der Waals surface area contributed by atoms with E-state index >= 15 is 0 Å². The molecule has 0 spiro atoms. The predicted molar refractivity (Wildman–Crippen MR) is 62.3 cm³/mol. The summed E-state index contributed by atoms with van der Waals surface area (Å²) in [4.78, 5) is 11.2. The standard InChI is InChI=1S/C8H4BrClFIO/c9-3-7(13)5-1-4(10)2-6(12)8(5)11/h1-2H,3H2. The Labute approximate surface area is 102 Å². The molecule has 0 fully saturated rings. The Morgan fingerprint density at radius 3 is 2.77 bits per heavy atom. The fourth-order valence-electron chi connectivity index (χ4n) is 0.831. The Bertz CT molecular complexity index is 356. The fraction of sp³-hybridized carbons (Fsp3) is 0.125. The molecule has 0 N–H and O–H groups in total. The van der Waals surface area contributed by atoms with E-state index in [9.17, 15) is 9.18 Å². The maximum absolute atomic E-state index is 13.3. The summed E-state index contributed by atoms with van der Waals surface area (Å²) < 4.78 is 13.7. The molecule has 0 heterocycles. The molecule has 0 saturated carbocycles. The van der Waals surface area contributed by atoms with Crippen LogP contribution in [0.3, 0.4) is 0 Å². The third-order valence-corrected chi connectivity index (χ3v) is 2.93. The van der Waals surface area contributed by atoms with E-state index in [2.05, 4.69) is 15.9 Å². The lowest BCUT2D eigenvalue weighted by Gasteiger charge is -2.02. The molecule has 1 nitrogen and oxygen atoms in total. The quantitative estimate of drug-likeness (QED) is 0.333. The summed E-state index contributed by atoms with van der Waals surface area (Å²) in [6.07, 6.45) is 0. The molecule has 1 rings (SSSR count). The molecule has 0 aromatic heterocycles. The zero-order chi connectivity index (χ0) is 10.0. The van der Waals surface area contributed by atoms with Crippen LogP contribution in [0.4, 0.5) is 4.39 Å². The first kappa shape index (κ1) is 11.4. The first-order chi connectivity index (χ1) is 6.06. The van der Waals surface area contributed by atoms with Gasteiger partial charge in [-0.25, -0.2) is 4.39 Å². The summed E-state index contributed by atoms with van der Waals surface area (Å²) in [6.45, 7) is 0. The average molecular weight is 377 g/mol. The van der Waals surface area contributed by atoms with Crippen LogP contribution in [0.25, 0.3) is 0 Å². The van der Waals surface area contributed by atoms with Crippen molar-refractivity contribution >= 4 is 55.9 Å². The van der Waals surface area contributed by atoms with Crippen molar-refractivity contribution in [2.45, 2.75) is 0 Å². The first-order valence-corrected chi connectivity index (χ1v) is 5.87. The van der Waals surface area contributed by atoms with Crippen LogP contribution in [0.2, 0.25) is 5.02 Å². The first-order valence-electron chi connectivity index (χ1n) is 3.30. The van der Waals surface area contributed by atoms with E-state index in [0.717, 1.165) is 0 Å². The lowest BCUT2D eigenvalue weighted by Crippen LogP contribution is -2.04. The molecule has 0 radical (unpaired) electrons. The van der Waals surface area contributed by atoms with Crippen molar-refractivity contribution < 1.29 is 9.18 Å². The lowest BCUT2D eigenvalue weighted by molar-refractivity contribution is 0.102. The second kappa shape index (κ2) is 4.70. The normalized spacial score (nSPS) is 10.2. The highest BCUT2D eigenvalue weighted by Crippen LogP contribution is 2.22. The number of carbonyl (C=O) groups is 1. The minimum absolute atomic E-state index is 0.0359. The number of hydrogen-bond donors (Lipinski definition) is 0. The molecule has 0 atom stereocenters. The smallest absolute Gasteiger partial charge is 0.176 e. The van der Waals surface area contributed by atoms with Gasteiger partial charge in [-0.3, -0.25) is 4.79 Å². The maximum atomic E-state index is 13.3. The highest BCUT2D eigenvalue weighted by Gasteiger charge is 2.14. The van der Waals surface area contributed by atoms with E-state index in [1.54, 1.807) is 22.6 Å². The maximum Gasteiger partial charge on any atom is 0.176 e. The Morgan fingerprint density at radius 2 is 2.23 bits per heavy atom. The third-order valence-electron chi connectivity index (χ3n) is 1.41. The molecule has 1 aromatic rings. The van der Waals surface area contributed by atoms with E-state index in [1.165, 1.54) is 12.1 Å². The Morgan fingerprint density at radius 1 is 1.62 bits per heavy atom. The van der Waals surface area contributed by atoms with Gasteiger partial charge in [0.2, 0.25) is 0 Å². The Balaban J connectivity index is 3.28. The third kappa shape index (κ3) is 2.63. The van der Waals surface area contributed by atoms with Crippen molar-refractivity contribution in [3.8, 4) is 0 Å². The van der Waals surface area contributed by atoms with Crippen molar-refractivity contribution in [3.05, 3.63) is 32.1 Å². The van der Waals surface area contributed by atoms with Crippen molar-refractivity contribution in [2.75, 3.05) is 5.33 Å². The van der Waals surface area contributed by atoms with Gasteiger partial charge in [-0.2, -0.15) is 0 Å². The summed E-state index contributed by atoms with van der Waals surface area (Å²) in [7, 11) is 0. The Hall–Kier alpha value is 0.320. The zero-order valence-electron chi connectivity index (χ0n) is 6.28. The summed E-state index contributed by atoms with van der Waals surface area (Å²) in [5.74, 6) is -0.813. The number of rotatable bonds is 2. The van der Waals surface area contributed by atoms with Gasteiger partial charge in [-0.15, -0.1) is 0 Å². The van der Waals surface area contributed by atoms with E-state index in [-0.39, 0.29) is 16.7 Å². The van der Waals surface area contributed by atoms with Gasteiger partial charge in [0.05, 0.1) is 14.5 Å². The van der Waals surface area contributed by atoms with Gasteiger partial charge in [-0.1, -0.05) is 27.5 Å². The van der Waals surface area contributed by atoms with Crippen molar-refractivity contribution in [3.63, 3.8) is 0 Å². The molecule has 0 bridgehead atoms. The molecular weight excluding hydrogens is 373 g/mol. The van der Waals surface area contributed by atoms with E-state index in [0.29, 0.717) is 8.59 Å². The van der Waals surface area contributed by atoms with Crippen LogP contribution in [-0.4, -0.2) is 11.1 Å². The van der Waals surface area contributed by atoms with Gasteiger partial charge in [-0.05, 0) is 34.7 Å². The molecule has 0 saturated heterocycles. The van der Waals surface area contributed by atoms with E-state index in [1.807, 2.05) is 0 Å². The number of benzene rings is 1. The number of ketones is 1. The number of alkyl halides is 1. The van der Waals surface area contributed by atoms with Crippen LogP contribution in [0.15, 0.2) is 12.1 Å². The van der Waals surface area contributed by atoms with Crippen LogP contribution in [0.5, 0.6) is 0 Å². The van der Waals surface area contributed by atoms with Crippen molar-refractivity contribution in [1.29, 1.82) is 0 Å². The summed E-state index contributed by atoms with van der Waals surface area (Å²) in [5.41, 5.74) is 0.0359. The van der Waals surface area contributed by atoms with Crippen LogP contribution in [0.1, 0.15) is 10.4 Å². The molecule has 0 aliphatic rings. The predicted octanol–water partition coefficient (Wildman–Crippen LogP) is 3.66. The SMILES string of the molecule is O=C(CBr)c1cc(Cl)cc(I)c1F. The van der Waals surface area contributed by atoms with Gasteiger partial charge in [0.25, 0.3) is 0 Å². The van der Waals surface area contributed by atoms with Crippen molar-refractivity contribution in [2.24, 2.45) is 0 Å². The molecule has 5 heteroatoms. The zero-order valence-corrected chi connectivity index (χ0v) is 10.8. The van der Waals surface area contributed by atoms with Gasteiger partial charge in [0.15, 0.2) is 5.78 Å². The minimum atomic E-state index is -0.505. The van der Waals surface area contributed by atoms with Crippen LogP contribution < -0.4 is 0 Å². The highest BCUT2D eigenvalue weighted by atomic mass is 127. The number of hydrogen-bond acceptors (Lipinski definition) is 1. The largest absolute Gasteiger partial charge is 0.293 e. The molecule has 13 heavy (non-hydrogen) atoms. The van der Waals surface area contributed by atoms with Crippen LogP contribution in [0, 0.1) is 9.39 Å². The topological polar surface area (TPSA) is 17.1 Å². The van der Waals surface area contributed by atoms with E-state index in [4.69, 9.17) is 11.6 Å². The average Bonchev–Trinajstić information content (AvgIpc) is 2.10. The molecule has 0 amide bonds. The molecule has 70 valence electrons. The molecule has 0 unspecified atom stereocenters. The number of Topliss-reactive ketones (excluding diaryl/α,β-unsaturated/α-hetero) is 1. The monoisotopic (exact) mass is 376 g/mol. The molecule has 0 aliphatic carbocycles. The molecular formula is C8H4BrClFIO. The summed E-state index contributed by atoms with van der Waals surface area (Å²) in [6, 6.07) is 2.81. The van der Waals surface area contributed by atoms with Gasteiger partial charge in [0, 0.05) is 5.02 Å². The molecule has 0 aliphatic heterocycles. The van der Waals surface area contributed by atoms with Crippen molar-refractivity contribution in [1.82, 2.24) is 0 Å². The Kier molecular flexibility index (Phi) is 4.12. The fourth-order valence-corrected chi connectivity index (χ4v) is 2.16. The second-order valence-corrected chi connectivity index (χ2v) is 4.47. The number of carbonyl (C=O) groups excluding carboxylic acids is 1. The molecule has 1 aromatic carbocycles. The van der Waals surface area contributed by atoms with Gasteiger partial charge < -0.3 is 0 Å². The second-order valence-electron chi connectivity index (χ2n) is 2.31. The van der Waals surface area contributed by atoms with E-state index < -0.39 is 5.82 Å². The highest BCUT2D eigenvalue weighted by molar-refractivity contribution is 14.1. The number of halogens is 4.